The van der Waals surface area contributed by atoms with Gasteiger partial charge in [0.2, 0.25) is 5.95 Å². The van der Waals surface area contributed by atoms with Crippen molar-refractivity contribution in [1.29, 1.82) is 5.26 Å². The first-order valence-electron chi connectivity index (χ1n) is 5.48. The van der Waals surface area contributed by atoms with Gasteiger partial charge in [-0.15, -0.1) is 0 Å². The van der Waals surface area contributed by atoms with Crippen LogP contribution in [0.4, 0.5) is 17.5 Å². The Morgan fingerprint density at radius 1 is 1.28 bits per heavy atom. The third-order valence-electron chi connectivity index (χ3n) is 2.52. The van der Waals surface area contributed by atoms with Crippen molar-refractivity contribution in [2.75, 3.05) is 11.1 Å². The summed E-state index contributed by atoms with van der Waals surface area (Å²) in [6.07, 6.45) is 0. The minimum absolute atomic E-state index is 0.212. The van der Waals surface area contributed by atoms with Crippen LogP contribution in [0.2, 0.25) is 0 Å². The van der Waals surface area contributed by atoms with E-state index in [0.717, 1.165) is 16.9 Å². The van der Waals surface area contributed by atoms with Gasteiger partial charge in [-0.3, -0.25) is 0 Å². The van der Waals surface area contributed by atoms with Gasteiger partial charge in [0.15, 0.2) is 0 Å². The van der Waals surface area contributed by atoms with Crippen molar-refractivity contribution in [2.24, 2.45) is 0 Å². The summed E-state index contributed by atoms with van der Waals surface area (Å²) >= 11 is 0. The molecule has 3 N–H and O–H groups in total. The zero-order valence-electron chi connectivity index (χ0n) is 10.2. The monoisotopic (exact) mass is 239 g/mol. The van der Waals surface area contributed by atoms with E-state index in [4.69, 9.17) is 11.0 Å². The number of nitriles is 1. The number of aromatic nitrogens is 2. The largest absolute Gasteiger partial charge is 0.368 e. The Bertz CT molecular complexity index is 608. The normalized spacial score (nSPS) is 9.83. The topological polar surface area (TPSA) is 87.6 Å². The van der Waals surface area contributed by atoms with Gasteiger partial charge in [0, 0.05) is 11.8 Å². The fourth-order valence-corrected chi connectivity index (χ4v) is 1.71. The Morgan fingerprint density at radius 3 is 2.72 bits per heavy atom. The van der Waals surface area contributed by atoms with Crippen molar-refractivity contribution in [1.82, 2.24) is 9.97 Å². The molecule has 18 heavy (non-hydrogen) atoms. The highest BCUT2D eigenvalue weighted by molar-refractivity contribution is 5.67. The number of hydrogen-bond acceptors (Lipinski definition) is 5. The number of nitrogens with two attached hydrogens (primary N) is 1. The van der Waals surface area contributed by atoms with Crippen LogP contribution in [-0.2, 0) is 0 Å². The van der Waals surface area contributed by atoms with Crippen LogP contribution in [0.1, 0.15) is 16.8 Å². The molecule has 0 unspecified atom stereocenters. The van der Waals surface area contributed by atoms with Crippen molar-refractivity contribution in [2.45, 2.75) is 13.8 Å². The van der Waals surface area contributed by atoms with Gasteiger partial charge in [0.05, 0.1) is 11.3 Å². The van der Waals surface area contributed by atoms with Crippen molar-refractivity contribution in [3.8, 4) is 6.07 Å². The maximum absolute atomic E-state index is 9.14. The molecule has 0 bridgehead atoms. The number of anilines is 3. The highest BCUT2D eigenvalue weighted by Crippen LogP contribution is 2.22. The van der Waals surface area contributed by atoms with E-state index in [0.29, 0.717) is 11.4 Å². The molecule has 0 amide bonds. The molecule has 0 radical (unpaired) electrons. The smallest absolute Gasteiger partial charge is 0.222 e. The molecule has 0 aliphatic rings. The fraction of sp³-hybridized carbons (Fsp3) is 0.154. The highest BCUT2D eigenvalue weighted by atomic mass is 15.1. The molecular formula is C13H13N5. The number of nitrogens with zero attached hydrogens (tertiary/aromatic N) is 3. The van der Waals surface area contributed by atoms with Gasteiger partial charge in [-0.2, -0.15) is 10.2 Å². The van der Waals surface area contributed by atoms with Gasteiger partial charge in [0.25, 0.3) is 0 Å². The van der Waals surface area contributed by atoms with E-state index in [2.05, 4.69) is 21.4 Å². The molecule has 5 nitrogen and oxygen atoms in total. The molecule has 90 valence electrons. The first-order valence-corrected chi connectivity index (χ1v) is 5.48. The van der Waals surface area contributed by atoms with E-state index >= 15 is 0 Å². The zero-order valence-corrected chi connectivity index (χ0v) is 10.2. The second-order valence-corrected chi connectivity index (χ2v) is 3.99. The van der Waals surface area contributed by atoms with E-state index in [1.165, 1.54) is 0 Å². The second kappa shape index (κ2) is 4.72. The van der Waals surface area contributed by atoms with Crippen LogP contribution >= 0.6 is 0 Å². The van der Waals surface area contributed by atoms with Gasteiger partial charge in [0.1, 0.15) is 11.9 Å². The third kappa shape index (κ3) is 2.38. The minimum atomic E-state index is 0.212. The average molecular weight is 239 g/mol. The van der Waals surface area contributed by atoms with Crippen LogP contribution in [0.3, 0.4) is 0 Å². The molecule has 0 aliphatic heterocycles. The predicted octanol–water partition coefficient (Wildman–Crippen LogP) is 2.29. The number of benzene rings is 1. The number of aryl methyl sites for hydroxylation is 2. The van der Waals surface area contributed by atoms with Crippen LogP contribution in [0.25, 0.3) is 0 Å². The van der Waals surface area contributed by atoms with Crippen LogP contribution in [-0.4, -0.2) is 9.97 Å². The van der Waals surface area contributed by atoms with Crippen LogP contribution < -0.4 is 11.1 Å². The fourth-order valence-electron chi connectivity index (χ4n) is 1.71. The number of nitrogen functional groups attached to an aromatic ring is 1. The van der Waals surface area contributed by atoms with Crippen molar-refractivity contribution < 1.29 is 0 Å². The quantitative estimate of drug-likeness (QED) is 0.839. The van der Waals surface area contributed by atoms with Crippen molar-refractivity contribution in [3.05, 3.63) is 41.1 Å². The van der Waals surface area contributed by atoms with E-state index < -0.39 is 0 Å². The van der Waals surface area contributed by atoms with E-state index in [9.17, 15) is 0 Å². The molecular weight excluding hydrogens is 226 g/mol. The van der Waals surface area contributed by atoms with Gasteiger partial charge in [-0.05, 0) is 25.5 Å². The first-order chi connectivity index (χ1) is 8.60. The summed E-state index contributed by atoms with van der Waals surface area (Å²) < 4.78 is 0. The summed E-state index contributed by atoms with van der Waals surface area (Å²) in [6.45, 7) is 3.73. The molecule has 0 saturated carbocycles. The highest BCUT2D eigenvalue weighted by Gasteiger charge is 2.06. The molecule has 0 aliphatic carbocycles. The second-order valence-electron chi connectivity index (χ2n) is 3.99. The average Bonchev–Trinajstić information content (AvgIpc) is 2.27. The third-order valence-corrected chi connectivity index (χ3v) is 2.52. The molecule has 0 saturated heterocycles. The van der Waals surface area contributed by atoms with E-state index in [1.807, 2.05) is 32.0 Å². The molecule has 0 atom stereocenters. The summed E-state index contributed by atoms with van der Waals surface area (Å²) in [5.74, 6) is 0.797. The summed E-state index contributed by atoms with van der Waals surface area (Å²) in [6, 6.07) is 9.56. The predicted molar refractivity (Wildman–Crippen MR) is 70.4 cm³/mol. The molecule has 1 heterocycles. The zero-order chi connectivity index (χ0) is 13.1. The lowest BCUT2D eigenvalue weighted by atomic mass is 10.1. The van der Waals surface area contributed by atoms with Gasteiger partial charge < -0.3 is 11.1 Å². The van der Waals surface area contributed by atoms with E-state index in [1.54, 1.807) is 6.07 Å². The molecule has 0 fully saturated rings. The van der Waals surface area contributed by atoms with Crippen molar-refractivity contribution in [3.63, 3.8) is 0 Å². The lowest BCUT2D eigenvalue weighted by molar-refractivity contribution is 1.12. The maximum Gasteiger partial charge on any atom is 0.222 e. The molecule has 2 rings (SSSR count). The Kier molecular flexibility index (Phi) is 3.11. The maximum atomic E-state index is 9.14. The first kappa shape index (κ1) is 11.9. The molecule has 5 heteroatoms. The molecule has 2 aromatic rings. The van der Waals surface area contributed by atoms with Gasteiger partial charge in [-0.25, -0.2) is 4.98 Å². The van der Waals surface area contributed by atoms with Crippen LogP contribution in [0.15, 0.2) is 24.3 Å². The molecule has 1 aromatic carbocycles. The summed E-state index contributed by atoms with van der Waals surface area (Å²) in [7, 11) is 0. The number of nitrogens with one attached hydrogen (secondary N) is 1. The Balaban J connectivity index is 2.40. The Labute approximate surface area is 105 Å². The van der Waals surface area contributed by atoms with Crippen LogP contribution in [0, 0.1) is 25.2 Å². The summed E-state index contributed by atoms with van der Waals surface area (Å²) in [5, 5.41) is 12.2. The Morgan fingerprint density at radius 2 is 2.06 bits per heavy atom. The molecule has 0 spiro atoms. The van der Waals surface area contributed by atoms with Gasteiger partial charge in [-0.1, -0.05) is 12.1 Å². The summed E-state index contributed by atoms with van der Waals surface area (Å²) in [4.78, 5) is 8.08. The van der Waals surface area contributed by atoms with Gasteiger partial charge >= 0.3 is 0 Å². The van der Waals surface area contributed by atoms with Crippen molar-refractivity contribution >= 4 is 17.5 Å². The number of hydrogen-bond donors (Lipinski definition) is 2. The minimum Gasteiger partial charge on any atom is -0.368 e. The van der Waals surface area contributed by atoms with Crippen LogP contribution in [0.5, 0.6) is 0 Å². The SMILES string of the molecule is Cc1cc(Nc2cccc(C)c2C#N)nc(N)n1. The van der Waals surface area contributed by atoms with E-state index in [-0.39, 0.29) is 5.95 Å². The summed E-state index contributed by atoms with van der Waals surface area (Å²) in [5.41, 5.74) is 8.60. The lowest BCUT2D eigenvalue weighted by Crippen LogP contribution is -2.02. The Hall–Kier alpha value is -2.61. The molecule has 1 aromatic heterocycles. The standard InChI is InChI=1S/C13H13N5/c1-8-4-3-5-11(10(8)7-14)17-12-6-9(2)16-13(15)18-12/h3-6H,1-2H3,(H3,15,16,17,18). The lowest BCUT2D eigenvalue weighted by Gasteiger charge is -2.09. The number of rotatable bonds is 2.